The highest BCUT2D eigenvalue weighted by molar-refractivity contribution is 5.88. The Hall–Kier alpha value is -2.04. The van der Waals surface area contributed by atoms with Gasteiger partial charge in [0, 0.05) is 19.2 Å². The summed E-state index contributed by atoms with van der Waals surface area (Å²) in [4.78, 5) is 22.9. The monoisotopic (exact) mass is 305 g/mol. The summed E-state index contributed by atoms with van der Waals surface area (Å²) in [6, 6.07) is 7.20. The van der Waals surface area contributed by atoms with E-state index < -0.39 is 0 Å². The van der Waals surface area contributed by atoms with E-state index in [1.807, 2.05) is 31.2 Å². The molecule has 0 aromatic heterocycles. The molecule has 0 aliphatic rings. The average molecular weight is 305 g/mol. The highest BCUT2D eigenvalue weighted by atomic mass is 16.2. The van der Waals surface area contributed by atoms with Gasteiger partial charge in [0.05, 0.1) is 6.04 Å². The quantitative estimate of drug-likeness (QED) is 0.642. The van der Waals surface area contributed by atoms with Crippen LogP contribution in [0.2, 0.25) is 0 Å². The van der Waals surface area contributed by atoms with Crippen LogP contribution in [0.1, 0.15) is 58.1 Å². The highest BCUT2D eigenvalue weighted by Crippen LogP contribution is 2.17. The lowest BCUT2D eigenvalue weighted by atomic mass is 10.1. The molecule has 1 aromatic rings. The first-order chi connectivity index (χ1) is 10.5. The van der Waals surface area contributed by atoms with Gasteiger partial charge in [-0.25, -0.2) is 4.79 Å². The van der Waals surface area contributed by atoms with E-state index in [0.29, 0.717) is 6.54 Å². The third-order valence-electron chi connectivity index (χ3n) is 3.37. The molecule has 3 N–H and O–H groups in total. The summed E-state index contributed by atoms with van der Waals surface area (Å²) in [5.74, 6) is -0.109. The van der Waals surface area contributed by atoms with Gasteiger partial charge >= 0.3 is 6.03 Å². The summed E-state index contributed by atoms with van der Waals surface area (Å²) in [5.41, 5.74) is 1.69. The van der Waals surface area contributed by atoms with Crippen molar-refractivity contribution in [3.63, 3.8) is 0 Å². The fourth-order valence-corrected chi connectivity index (χ4v) is 2.17. The van der Waals surface area contributed by atoms with Gasteiger partial charge in [-0.15, -0.1) is 0 Å². The minimum Gasteiger partial charge on any atom is -0.338 e. The molecule has 0 aliphatic carbocycles. The van der Waals surface area contributed by atoms with Crippen molar-refractivity contribution in [3.05, 3.63) is 29.8 Å². The maximum absolute atomic E-state index is 11.8. The Morgan fingerprint density at radius 3 is 2.64 bits per heavy atom. The molecule has 5 nitrogen and oxygen atoms in total. The number of carbonyl (C=O) groups is 2. The fourth-order valence-electron chi connectivity index (χ4n) is 2.17. The summed E-state index contributed by atoms with van der Waals surface area (Å²) in [6.07, 6.45) is 4.54. The van der Waals surface area contributed by atoms with Gasteiger partial charge in [0.15, 0.2) is 0 Å². The number of hydrogen-bond donors (Lipinski definition) is 3. The zero-order valence-corrected chi connectivity index (χ0v) is 13.7. The van der Waals surface area contributed by atoms with Crippen LogP contribution in [-0.2, 0) is 4.79 Å². The van der Waals surface area contributed by atoms with Crippen LogP contribution in [0.5, 0.6) is 0 Å². The number of rotatable bonds is 8. The second kappa shape index (κ2) is 9.82. The zero-order chi connectivity index (χ0) is 16.4. The third-order valence-corrected chi connectivity index (χ3v) is 3.37. The molecule has 0 saturated carbocycles. The lowest BCUT2D eigenvalue weighted by Gasteiger charge is -2.16. The van der Waals surface area contributed by atoms with Gasteiger partial charge in [-0.2, -0.15) is 0 Å². The van der Waals surface area contributed by atoms with Crippen molar-refractivity contribution in [3.8, 4) is 0 Å². The average Bonchev–Trinajstić information content (AvgIpc) is 2.46. The molecule has 0 radical (unpaired) electrons. The Kier molecular flexibility index (Phi) is 8.04. The lowest BCUT2D eigenvalue weighted by Crippen LogP contribution is -2.37. The number of hydrogen-bond acceptors (Lipinski definition) is 2. The molecule has 0 spiro atoms. The van der Waals surface area contributed by atoms with Gasteiger partial charge in [0.2, 0.25) is 5.91 Å². The molecule has 1 aromatic carbocycles. The van der Waals surface area contributed by atoms with E-state index in [2.05, 4.69) is 22.9 Å². The van der Waals surface area contributed by atoms with Crippen LogP contribution < -0.4 is 16.0 Å². The van der Waals surface area contributed by atoms with Crippen LogP contribution in [0.15, 0.2) is 24.3 Å². The molecule has 0 saturated heterocycles. The van der Waals surface area contributed by atoms with Crippen molar-refractivity contribution in [2.45, 2.75) is 52.5 Å². The molecule has 1 atom stereocenters. The minimum atomic E-state index is -0.158. The second-order valence-corrected chi connectivity index (χ2v) is 5.49. The summed E-state index contributed by atoms with van der Waals surface area (Å²) >= 11 is 0. The van der Waals surface area contributed by atoms with Gasteiger partial charge in [-0.1, -0.05) is 38.3 Å². The zero-order valence-electron chi connectivity index (χ0n) is 13.7. The largest absolute Gasteiger partial charge is 0.338 e. The van der Waals surface area contributed by atoms with Crippen molar-refractivity contribution in [1.29, 1.82) is 0 Å². The molecule has 5 heteroatoms. The second-order valence-electron chi connectivity index (χ2n) is 5.49. The Bertz CT molecular complexity index is 489. The van der Waals surface area contributed by atoms with E-state index in [9.17, 15) is 9.59 Å². The molecule has 122 valence electrons. The lowest BCUT2D eigenvalue weighted by molar-refractivity contribution is -0.114. The van der Waals surface area contributed by atoms with Gasteiger partial charge in [0.25, 0.3) is 0 Å². The fraction of sp³-hybridized carbons (Fsp3) is 0.529. The number of benzene rings is 1. The Balaban J connectivity index is 2.42. The molecule has 0 aliphatic heterocycles. The Morgan fingerprint density at radius 1 is 1.18 bits per heavy atom. The van der Waals surface area contributed by atoms with Crippen LogP contribution in [0, 0.1) is 0 Å². The third kappa shape index (κ3) is 7.11. The molecule has 3 amide bonds. The molecule has 1 unspecified atom stereocenters. The van der Waals surface area contributed by atoms with Crippen molar-refractivity contribution >= 4 is 17.6 Å². The van der Waals surface area contributed by atoms with E-state index in [-0.39, 0.29) is 18.0 Å². The summed E-state index contributed by atoms with van der Waals surface area (Å²) in [5, 5.41) is 8.51. The van der Waals surface area contributed by atoms with Crippen LogP contribution in [0.3, 0.4) is 0 Å². The first-order valence-corrected chi connectivity index (χ1v) is 7.94. The predicted octanol–water partition coefficient (Wildman–Crippen LogP) is 3.59. The van der Waals surface area contributed by atoms with Crippen LogP contribution in [-0.4, -0.2) is 18.5 Å². The molecular formula is C17H27N3O2. The number of anilines is 1. The minimum absolute atomic E-state index is 0.109. The first-order valence-electron chi connectivity index (χ1n) is 7.94. The molecule has 0 bridgehead atoms. The number of unbranched alkanes of at least 4 members (excludes halogenated alkanes) is 3. The van der Waals surface area contributed by atoms with E-state index in [0.717, 1.165) is 24.1 Å². The van der Waals surface area contributed by atoms with Gasteiger partial charge in [-0.3, -0.25) is 4.79 Å². The normalized spacial score (nSPS) is 11.6. The Morgan fingerprint density at radius 2 is 1.95 bits per heavy atom. The van der Waals surface area contributed by atoms with Crippen molar-refractivity contribution in [2.24, 2.45) is 0 Å². The first kappa shape index (κ1) is 18.0. The van der Waals surface area contributed by atoms with E-state index in [4.69, 9.17) is 0 Å². The number of nitrogens with one attached hydrogen (secondary N) is 3. The van der Waals surface area contributed by atoms with Crippen LogP contribution >= 0.6 is 0 Å². The van der Waals surface area contributed by atoms with E-state index in [1.54, 1.807) is 0 Å². The maximum Gasteiger partial charge on any atom is 0.315 e. The maximum atomic E-state index is 11.8. The Labute approximate surface area is 132 Å². The van der Waals surface area contributed by atoms with Crippen LogP contribution in [0.25, 0.3) is 0 Å². The molecule has 22 heavy (non-hydrogen) atoms. The predicted molar refractivity (Wildman–Crippen MR) is 89.8 cm³/mol. The van der Waals surface area contributed by atoms with Crippen molar-refractivity contribution in [1.82, 2.24) is 10.6 Å². The molecule has 0 fully saturated rings. The SMILES string of the molecule is CCCCCCNC(=O)NC(C)c1cccc(NC(C)=O)c1. The highest BCUT2D eigenvalue weighted by Gasteiger charge is 2.09. The van der Waals surface area contributed by atoms with E-state index >= 15 is 0 Å². The molecule has 1 rings (SSSR count). The van der Waals surface area contributed by atoms with Crippen molar-refractivity contribution < 1.29 is 9.59 Å². The van der Waals surface area contributed by atoms with E-state index in [1.165, 1.54) is 19.8 Å². The summed E-state index contributed by atoms with van der Waals surface area (Å²) < 4.78 is 0. The molecule has 0 heterocycles. The number of amides is 3. The number of carbonyl (C=O) groups excluding carboxylic acids is 2. The van der Waals surface area contributed by atoms with Gasteiger partial charge < -0.3 is 16.0 Å². The topological polar surface area (TPSA) is 70.2 Å². The smallest absolute Gasteiger partial charge is 0.315 e. The van der Waals surface area contributed by atoms with Gasteiger partial charge in [0.1, 0.15) is 0 Å². The van der Waals surface area contributed by atoms with Crippen molar-refractivity contribution in [2.75, 3.05) is 11.9 Å². The van der Waals surface area contributed by atoms with Crippen LogP contribution in [0.4, 0.5) is 10.5 Å². The number of urea groups is 1. The standard InChI is InChI=1S/C17H27N3O2/c1-4-5-6-7-11-18-17(22)19-13(2)15-9-8-10-16(12-15)20-14(3)21/h8-10,12-13H,4-7,11H2,1-3H3,(H,20,21)(H2,18,19,22). The summed E-state index contributed by atoms with van der Waals surface area (Å²) in [6.45, 7) is 6.26. The van der Waals surface area contributed by atoms with Gasteiger partial charge in [-0.05, 0) is 31.0 Å². The molecular weight excluding hydrogens is 278 g/mol. The summed E-state index contributed by atoms with van der Waals surface area (Å²) in [7, 11) is 0.